The molecule has 4 heteroatoms. The van der Waals surface area contributed by atoms with Crippen LogP contribution in [0.1, 0.15) is 18.9 Å². The minimum absolute atomic E-state index is 0.163. The van der Waals surface area contributed by atoms with Crippen molar-refractivity contribution in [2.24, 2.45) is 0 Å². The molecule has 0 aromatic heterocycles. The number of likely N-dealkylation sites (tertiary alicyclic amines) is 1. The molecular weight excluding hydrogens is 240 g/mol. The Balaban J connectivity index is 1.70. The molecule has 104 valence electrons. The predicted octanol–water partition coefficient (Wildman–Crippen LogP) is 1.41. The molecule has 1 aromatic carbocycles. The molecule has 1 unspecified atom stereocenters. The van der Waals surface area contributed by atoms with E-state index in [0.717, 1.165) is 26.1 Å². The standard InChI is InChI=1S/C15H22N2O2/c1-2-19-15(18)10-16-14-8-9-17(12-14)11-13-6-4-3-5-7-13/h3-7,14,16H,2,8-12H2,1H3. The quantitative estimate of drug-likeness (QED) is 0.787. The Morgan fingerprint density at radius 2 is 2.21 bits per heavy atom. The molecule has 0 spiro atoms. The van der Waals surface area contributed by atoms with Crippen molar-refractivity contribution in [1.29, 1.82) is 0 Å². The van der Waals surface area contributed by atoms with Crippen molar-refractivity contribution in [1.82, 2.24) is 10.2 Å². The third-order valence-electron chi connectivity index (χ3n) is 3.36. The Bertz CT molecular complexity index is 394. The lowest BCUT2D eigenvalue weighted by Gasteiger charge is -2.16. The van der Waals surface area contributed by atoms with E-state index in [0.29, 0.717) is 19.2 Å². The van der Waals surface area contributed by atoms with E-state index < -0.39 is 0 Å². The average Bonchev–Trinajstić information content (AvgIpc) is 2.86. The van der Waals surface area contributed by atoms with E-state index >= 15 is 0 Å². The van der Waals surface area contributed by atoms with Gasteiger partial charge in [-0.1, -0.05) is 30.3 Å². The number of nitrogens with zero attached hydrogens (tertiary/aromatic N) is 1. The van der Waals surface area contributed by atoms with E-state index in [-0.39, 0.29) is 5.97 Å². The summed E-state index contributed by atoms with van der Waals surface area (Å²) in [6, 6.07) is 10.9. The lowest BCUT2D eigenvalue weighted by atomic mass is 10.2. The second-order valence-electron chi connectivity index (χ2n) is 4.89. The first-order valence-corrected chi connectivity index (χ1v) is 6.93. The van der Waals surface area contributed by atoms with Crippen LogP contribution >= 0.6 is 0 Å². The second kappa shape index (κ2) is 7.26. The molecule has 1 N–H and O–H groups in total. The van der Waals surface area contributed by atoms with Gasteiger partial charge in [-0.25, -0.2) is 0 Å². The van der Waals surface area contributed by atoms with Gasteiger partial charge in [0.15, 0.2) is 0 Å². The highest BCUT2D eigenvalue weighted by molar-refractivity contribution is 5.71. The molecule has 1 heterocycles. The van der Waals surface area contributed by atoms with E-state index in [4.69, 9.17) is 4.74 Å². The van der Waals surface area contributed by atoms with E-state index in [1.807, 2.05) is 13.0 Å². The van der Waals surface area contributed by atoms with E-state index in [1.54, 1.807) is 0 Å². The number of hydrogen-bond donors (Lipinski definition) is 1. The number of esters is 1. The van der Waals surface area contributed by atoms with E-state index in [1.165, 1.54) is 5.56 Å². The Morgan fingerprint density at radius 1 is 1.42 bits per heavy atom. The molecule has 0 amide bonds. The molecule has 19 heavy (non-hydrogen) atoms. The van der Waals surface area contributed by atoms with Crippen molar-refractivity contribution >= 4 is 5.97 Å². The molecular formula is C15H22N2O2. The average molecular weight is 262 g/mol. The predicted molar refractivity (Wildman–Crippen MR) is 74.8 cm³/mol. The van der Waals surface area contributed by atoms with Crippen molar-refractivity contribution in [3.8, 4) is 0 Å². The first-order valence-electron chi connectivity index (χ1n) is 6.93. The van der Waals surface area contributed by atoms with Crippen LogP contribution in [0.5, 0.6) is 0 Å². The molecule has 1 fully saturated rings. The van der Waals surface area contributed by atoms with Gasteiger partial charge >= 0.3 is 5.97 Å². The summed E-state index contributed by atoms with van der Waals surface area (Å²) >= 11 is 0. The Kier molecular flexibility index (Phi) is 5.36. The summed E-state index contributed by atoms with van der Waals surface area (Å²) < 4.78 is 4.91. The zero-order chi connectivity index (χ0) is 13.5. The highest BCUT2D eigenvalue weighted by atomic mass is 16.5. The summed E-state index contributed by atoms with van der Waals surface area (Å²) in [5.74, 6) is -0.163. The van der Waals surface area contributed by atoms with Crippen molar-refractivity contribution in [2.75, 3.05) is 26.2 Å². The monoisotopic (exact) mass is 262 g/mol. The fourth-order valence-corrected chi connectivity index (χ4v) is 2.42. The number of carbonyl (C=O) groups excluding carboxylic acids is 1. The highest BCUT2D eigenvalue weighted by Crippen LogP contribution is 2.13. The van der Waals surface area contributed by atoms with Gasteiger partial charge in [-0.15, -0.1) is 0 Å². The summed E-state index contributed by atoms with van der Waals surface area (Å²) in [7, 11) is 0. The maximum absolute atomic E-state index is 11.3. The van der Waals surface area contributed by atoms with Crippen LogP contribution in [0.3, 0.4) is 0 Å². The third-order valence-corrected chi connectivity index (χ3v) is 3.36. The van der Waals surface area contributed by atoms with Gasteiger partial charge in [0.05, 0.1) is 13.2 Å². The van der Waals surface area contributed by atoms with Crippen LogP contribution in [-0.4, -0.2) is 43.2 Å². The van der Waals surface area contributed by atoms with Crippen LogP contribution in [0.15, 0.2) is 30.3 Å². The minimum Gasteiger partial charge on any atom is -0.465 e. The normalized spacial score (nSPS) is 19.5. The first kappa shape index (κ1) is 14.0. The van der Waals surface area contributed by atoms with E-state index in [2.05, 4.69) is 34.5 Å². The van der Waals surface area contributed by atoms with E-state index in [9.17, 15) is 4.79 Å². The van der Waals surface area contributed by atoms with Gasteiger partial charge in [0.25, 0.3) is 0 Å². The zero-order valence-electron chi connectivity index (χ0n) is 11.5. The molecule has 1 aromatic rings. The lowest BCUT2D eigenvalue weighted by Crippen LogP contribution is -2.36. The van der Waals surface area contributed by atoms with Crippen LogP contribution in [0.4, 0.5) is 0 Å². The van der Waals surface area contributed by atoms with Crippen molar-refractivity contribution < 1.29 is 9.53 Å². The molecule has 0 bridgehead atoms. The van der Waals surface area contributed by atoms with Crippen LogP contribution < -0.4 is 5.32 Å². The van der Waals surface area contributed by atoms with Gasteiger partial charge in [-0.05, 0) is 18.9 Å². The van der Waals surface area contributed by atoms with Crippen molar-refractivity contribution in [3.63, 3.8) is 0 Å². The zero-order valence-corrected chi connectivity index (χ0v) is 11.5. The molecule has 2 rings (SSSR count). The van der Waals surface area contributed by atoms with Crippen LogP contribution in [0, 0.1) is 0 Å². The van der Waals surface area contributed by atoms with Gasteiger partial charge in [0.1, 0.15) is 0 Å². The molecule has 0 radical (unpaired) electrons. The highest BCUT2D eigenvalue weighted by Gasteiger charge is 2.22. The summed E-state index contributed by atoms with van der Waals surface area (Å²) in [5, 5.41) is 3.27. The SMILES string of the molecule is CCOC(=O)CNC1CCN(Cc2ccccc2)C1. The van der Waals surface area contributed by atoms with Crippen molar-refractivity contribution in [2.45, 2.75) is 25.9 Å². The minimum atomic E-state index is -0.163. The number of rotatable bonds is 6. The molecule has 1 atom stereocenters. The van der Waals surface area contributed by atoms with Crippen molar-refractivity contribution in [3.05, 3.63) is 35.9 Å². The maximum atomic E-state index is 11.3. The van der Waals surface area contributed by atoms with Gasteiger partial charge in [-0.3, -0.25) is 9.69 Å². The summed E-state index contributed by atoms with van der Waals surface area (Å²) in [6.07, 6.45) is 1.09. The van der Waals surface area contributed by atoms with Crippen LogP contribution in [0.25, 0.3) is 0 Å². The van der Waals surface area contributed by atoms with Gasteiger partial charge in [0, 0.05) is 25.7 Å². The van der Waals surface area contributed by atoms with Gasteiger partial charge < -0.3 is 10.1 Å². The lowest BCUT2D eigenvalue weighted by molar-refractivity contribution is -0.142. The second-order valence-corrected chi connectivity index (χ2v) is 4.89. The summed E-state index contributed by atoms with van der Waals surface area (Å²) in [4.78, 5) is 13.7. The fraction of sp³-hybridized carbons (Fsp3) is 0.533. The largest absolute Gasteiger partial charge is 0.465 e. The Morgan fingerprint density at radius 3 is 2.95 bits per heavy atom. The molecule has 0 saturated carbocycles. The van der Waals surface area contributed by atoms with Crippen LogP contribution in [-0.2, 0) is 16.1 Å². The number of nitrogens with one attached hydrogen (secondary N) is 1. The number of carbonyl (C=O) groups is 1. The smallest absolute Gasteiger partial charge is 0.319 e. The number of ether oxygens (including phenoxy) is 1. The topological polar surface area (TPSA) is 41.6 Å². The van der Waals surface area contributed by atoms with Crippen LogP contribution in [0.2, 0.25) is 0 Å². The van der Waals surface area contributed by atoms with Gasteiger partial charge in [-0.2, -0.15) is 0 Å². The first-order chi connectivity index (χ1) is 9.28. The Labute approximate surface area is 114 Å². The maximum Gasteiger partial charge on any atom is 0.319 e. The molecule has 4 nitrogen and oxygen atoms in total. The molecule has 0 aliphatic carbocycles. The molecule has 1 aliphatic rings. The molecule has 1 aliphatic heterocycles. The third kappa shape index (κ3) is 4.65. The molecule has 1 saturated heterocycles. The number of benzene rings is 1. The summed E-state index contributed by atoms with van der Waals surface area (Å²) in [6.45, 7) is 5.65. The Hall–Kier alpha value is -1.39. The fourth-order valence-electron chi connectivity index (χ4n) is 2.42. The van der Waals surface area contributed by atoms with Gasteiger partial charge in [0.2, 0.25) is 0 Å². The number of hydrogen-bond acceptors (Lipinski definition) is 4. The summed E-state index contributed by atoms with van der Waals surface area (Å²) in [5.41, 5.74) is 1.34.